The molecule has 0 saturated heterocycles. The first-order valence-corrected chi connectivity index (χ1v) is 10.3. The maximum atomic E-state index is 13.2. The van der Waals surface area contributed by atoms with Crippen LogP contribution in [0.4, 0.5) is 11.4 Å². The number of benzene rings is 2. The van der Waals surface area contributed by atoms with Crippen molar-refractivity contribution in [1.29, 1.82) is 0 Å². The zero-order chi connectivity index (χ0) is 23.7. The van der Waals surface area contributed by atoms with E-state index in [4.69, 9.17) is 39.2 Å². The minimum atomic E-state index is -0.717. The van der Waals surface area contributed by atoms with Crippen molar-refractivity contribution in [2.45, 2.75) is 0 Å². The molecule has 3 aromatic rings. The van der Waals surface area contributed by atoms with Crippen molar-refractivity contribution in [1.82, 2.24) is 5.32 Å². The maximum Gasteiger partial charge on any atom is 0.282 e. The summed E-state index contributed by atoms with van der Waals surface area (Å²) >= 11 is 18.4. The number of carbonyl (C=O) groups excluding carboxylic acids is 2. The molecule has 12 heteroatoms. The van der Waals surface area contributed by atoms with Gasteiger partial charge < -0.3 is 9.73 Å². The van der Waals surface area contributed by atoms with Gasteiger partial charge in [-0.3, -0.25) is 19.7 Å². The first-order chi connectivity index (χ1) is 15.7. The molecule has 33 heavy (non-hydrogen) atoms. The van der Waals surface area contributed by atoms with Gasteiger partial charge in [-0.05, 0) is 36.4 Å². The predicted octanol–water partition coefficient (Wildman–Crippen LogP) is 5.32. The van der Waals surface area contributed by atoms with Crippen molar-refractivity contribution in [2.75, 3.05) is 5.01 Å². The lowest BCUT2D eigenvalue weighted by atomic mass is 10.1. The molecule has 0 unspecified atom stereocenters. The molecule has 1 aliphatic rings. The van der Waals surface area contributed by atoms with Crippen LogP contribution in [0.1, 0.15) is 16.1 Å². The molecule has 0 saturated carbocycles. The number of nitrogens with one attached hydrogen (secondary N) is 1. The van der Waals surface area contributed by atoms with Crippen molar-refractivity contribution >= 4 is 69.9 Å². The molecule has 2 aromatic carbocycles. The largest absolute Gasteiger partial charge is 0.465 e. The fraction of sp³-hybridized carbons (Fsp3) is 0. The summed E-state index contributed by atoms with van der Waals surface area (Å²) in [5.74, 6) is -1.17. The molecule has 4 rings (SSSR count). The van der Waals surface area contributed by atoms with Crippen LogP contribution in [0.5, 0.6) is 0 Å². The predicted molar refractivity (Wildman–Crippen MR) is 124 cm³/mol. The molecule has 0 spiro atoms. The summed E-state index contributed by atoms with van der Waals surface area (Å²) in [6.07, 6.45) is 2.79. The van der Waals surface area contributed by atoms with E-state index in [0.29, 0.717) is 5.76 Å². The van der Waals surface area contributed by atoms with Crippen molar-refractivity contribution in [2.24, 2.45) is 5.10 Å². The molecule has 1 aliphatic heterocycles. The van der Waals surface area contributed by atoms with Crippen LogP contribution in [-0.4, -0.2) is 22.6 Å². The monoisotopic (exact) mass is 504 g/mol. The molecule has 0 radical (unpaired) electrons. The molecule has 1 N–H and O–H groups in total. The van der Waals surface area contributed by atoms with Gasteiger partial charge in [-0.25, -0.2) is 0 Å². The third kappa shape index (κ3) is 4.61. The molecular formula is C21H11Cl3N4O5. The van der Waals surface area contributed by atoms with Crippen molar-refractivity contribution in [3.8, 4) is 0 Å². The Morgan fingerprint density at radius 1 is 1.12 bits per heavy atom. The number of hydrogen-bond acceptors (Lipinski definition) is 6. The summed E-state index contributed by atoms with van der Waals surface area (Å²) in [5.41, 5.74) is -0.221. The van der Waals surface area contributed by atoms with Gasteiger partial charge in [-0.2, -0.15) is 5.01 Å². The van der Waals surface area contributed by atoms with E-state index < -0.39 is 16.7 Å². The zero-order valence-corrected chi connectivity index (χ0v) is 18.6. The molecule has 0 aliphatic carbocycles. The van der Waals surface area contributed by atoms with E-state index >= 15 is 0 Å². The summed E-state index contributed by atoms with van der Waals surface area (Å²) in [7, 11) is 0. The summed E-state index contributed by atoms with van der Waals surface area (Å²) in [5, 5.41) is 19.0. The van der Waals surface area contributed by atoms with Crippen LogP contribution in [0, 0.1) is 10.1 Å². The van der Waals surface area contributed by atoms with E-state index in [2.05, 4.69) is 10.4 Å². The van der Waals surface area contributed by atoms with E-state index in [9.17, 15) is 19.7 Å². The quantitative estimate of drug-likeness (QED) is 0.292. The van der Waals surface area contributed by atoms with Crippen LogP contribution in [0.25, 0.3) is 6.08 Å². The van der Waals surface area contributed by atoms with E-state index in [1.807, 2.05) is 0 Å². The number of nitrogens with zero attached hydrogens (tertiary/aromatic N) is 3. The minimum Gasteiger partial charge on any atom is -0.465 e. The molecule has 2 amide bonds. The standard InChI is InChI=1S/C21H11Cl3N4O5/c22-12-8-16(23)18(17(24)9-12)27-21(30)15(10-14-5-2-6-33-14)19(26-27)25-20(29)11-3-1-4-13(7-11)28(31)32/h1-10H,(H,25,26,29)/b15-10-. The van der Waals surface area contributed by atoms with Crippen LogP contribution in [0.2, 0.25) is 15.1 Å². The van der Waals surface area contributed by atoms with Gasteiger partial charge in [0, 0.05) is 22.7 Å². The number of anilines is 1. The third-order valence-electron chi connectivity index (χ3n) is 4.45. The summed E-state index contributed by atoms with van der Waals surface area (Å²) in [4.78, 5) is 36.4. The highest BCUT2D eigenvalue weighted by Crippen LogP contribution is 2.39. The number of amidine groups is 1. The molecule has 166 valence electrons. The van der Waals surface area contributed by atoms with Gasteiger partial charge in [0.05, 0.1) is 26.8 Å². The number of amides is 2. The Kier molecular flexibility index (Phi) is 6.19. The van der Waals surface area contributed by atoms with Gasteiger partial charge in [0.2, 0.25) is 0 Å². The Labute approximate surface area is 201 Å². The number of furan rings is 1. The number of nitro groups is 1. The fourth-order valence-electron chi connectivity index (χ4n) is 2.98. The van der Waals surface area contributed by atoms with Gasteiger partial charge in [-0.1, -0.05) is 40.9 Å². The van der Waals surface area contributed by atoms with Crippen molar-refractivity contribution in [3.05, 3.63) is 96.9 Å². The van der Waals surface area contributed by atoms with Crippen LogP contribution in [-0.2, 0) is 4.79 Å². The topological polar surface area (TPSA) is 118 Å². The first-order valence-electron chi connectivity index (χ1n) is 9.13. The SMILES string of the molecule is O=C(NC1=NN(c2c(Cl)cc(Cl)cc2Cl)C(=O)/C1=C\c1ccco1)c1cccc([N+](=O)[O-])c1. The van der Waals surface area contributed by atoms with Crippen LogP contribution >= 0.6 is 34.8 Å². The Morgan fingerprint density at radius 2 is 1.85 bits per heavy atom. The maximum absolute atomic E-state index is 13.2. The molecule has 9 nitrogen and oxygen atoms in total. The Balaban J connectivity index is 1.75. The second-order valence-corrected chi connectivity index (χ2v) is 7.87. The molecule has 0 bridgehead atoms. The number of halogens is 3. The van der Waals surface area contributed by atoms with Crippen molar-refractivity contribution < 1.29 is 18.9 Å². The van der Waals surface area contributed by atoms with Gasteiger partial charge in [0.1, 0.15) is 11.4 Å². The smallest absolute Gasteiger partial charge is 0.282 e. The Hall–Kier alpha value is -3.66. The lowest BCUT2D eigenvalue weighted by Gasteiger charge is -2.15. The number of hydrazone groups is 1. The third-order valence-corrected chi connectivity index (χ3v) is 5.25. The van der Waals surface area contributed by atoms with Crippen LogP contribution < -0.4 is 10.3 Å². The number of nitro benzene ring substituents is 1. The highest BCUT2D eigenvalue weighted by Gasteiger charge is 2.35. The lowest BCUT2D eigenvalue weighted by molar-refractivity contribution is -0.384. The van der Waals surface area contributed by atoms with E-state index in [0.717, 1.165) is 11.1 Å². The van der Waals surface area contributed by atoms with E-state index in [1.165, 1.54) is 42.7 Å². The van der Waals surface area contributed by atoms with Gasteiger partial charge in [-0.15, -0.1) is 5.10 Å². The van der Waals surface area contributed by atoms with Gasteiger partial charge >= 0.3 is 0 Å². The molecule has 0 fully saturated rings. The highest BCUT2D eigenvalue weighted by atomic mass is 35.5. The molecule has 0 atom stereocenters. The fourth-order valence-corrected chi connectivity index (χ4v) is 3.96. The highest BCUT2D eigenvalue weighted by molar-refractivity contribution is 6.44. The Morgan fingerprint density at radius 3 is 2.48 bits per heavy atom. The number of non-ortho nitro benzene ring substituents is 1. The molecule has 1 aromatic heterocycles. The average Bonchev–Trinajstić information content (AvgIpc) is 3.37. The molecule has 2 heterocycles. The zero-order valence-electron chi connectivity index (χ0n) is 16.3. The average molecular weight is 506 g/mol. The number of rotatable bonds is 4. The van der Waals surface area contributed by atoms with Gasteiger partial charge in [0.15, 0.2) is 5.84 Å². The minimum absolute atomic E-state index is 0.00212. The summed E-state index contributed by atoms with van der Waals surface area (Å²) in [6.45, 7) is 0. The molecular weight excluding hydrogens is 495 g/mol. The summed E-state index contributed by atoms with van der Waals surface area (Å²) in [6, 6.07) is 11.1. The van der Waals surface area contributed by atoms with Crippen molar-refractivity contribution in [3.63, 3.8) is 0 Å². The van der Waals surface area contributed by atoms with Gasteiger partial charge in [0.25, 0.3) is 17.5 Å². The first kappa shape index (κ1) is 22.5. The number of hydrogen-bond donors (Lipinski definition) is 1. The lowest BCUT2D eigenvalue weighted by Crippen LogP contribution is -2.31. The van der Waals surface area contributed by atoms with Crippen LogP contribution in [0.3, 0.4) is 0 Å². The second-order valence-electron chi connectivity index (χ2n) is 6.62. The summed E-state index contributed by atoms with van der Waals surface area (Å²) < 4.78 is 5.27. The number of carbonyl (C=O) groups is 2. The second kappa shape index (κ2) is 9.07. The van der Waals surface area contributed by atoms with Crippen LogP contribution in [0.15, 0.2) is 69.9 Å². The van der Waals surface area contributed by atoms with E-state index in [-0.39, 0.29) is 43.4 Å². The van der Waals surface area contributed by atoms with E-state index in [1.54, 1.807) is 12.1 Å². The normalized spacial score (nSPS) is 14.5. The Bertz CT molecular complexity index is 1330.